The zero-order chi connectivity index (χ0) is 20.5. The summed E-state index contributed by atoms with van der Waals surface area (Å²) in [5.74, 6) is 0. The highest BCUT2D eigenvalue weighted by Gasteiger charge is 2.15. The van der Waals surface area contributed by atoms with E-state index in [1.54, 1.807) is 48.0 Å². The smallest absolute Gasteiger partial charge is 0.286 e. The molecule has 0 saturated heterocycles. The lowest BCUT2D eigenvalue weighted by Gasteiger charge is -2.08. The maximum atomic E-state index is 12.4. The predicted octanol–water partition coefficient (Wildman–Crippen LogP) is 1.94. The summed E-state index contributed by atoms with van der Waals surface area (Å²) in [5.41, 5.74) is 2.91. The topological polar surface area (TPSA) is 107 Å². The lowest BCUT2D eigenvalue weighted by Crippen LogP contribution is -2.21. The molecule has 2 heterocycles. The van der Waals surface area contributed by atoms with Gasteiger partial charge in [-0.1, -0.05) is 12.1 Å². The lowest BCUT2D eigenvalue weighted by molar-refractivity contribution is 0.312. The van der Waals surface area contributed by atoms with Crippen LogP contribution in [0.2, 0.25) is 0 Å². The number of allylic oxidation sites excluding steroid dienone is 1. The Kier molecular flexibility index (Phi) is 5.18. The third kappa shape index (κ3) is 3.74. The van der Waals surface area contributed by atoms with Crippen LogP contribution in [0.3, 0.4) is 0 Å². The molecule has 2 aromatic heterocycles. The molecule has 0 fully saturated rings. The van der Waals surface area contributed by atoms with Gasteiger partial charge in [0.05, 0.1) is 35.7 Å². The Morgan fingerprint density at radius 2 is 2.07 bits per heavy atom. The molecule has 0 aliphatic carbocycles. The summed E-state index contributed by atoms with van der Waals surface area (Å²) in [4.78, 5) is 17.0. The van der Waals surface area contributed by atoms with Gasteiger partial charge in [-0.2, -0.15) is 13.7 Å². The van der Waals surface area contributed by atoms with Gasteiger partial charge in [-0.15, -0.1) is 6.58 Å². The third-order valence-corrected chi connectivity index (χ3v) is 4.76. The maximum Gasteiger partial charge on any atom is 0.330 e. The van der Waals surface area contributed by atoms with E-state index in [0.717, 1.165) is 6.26 Å². The van der Waals surface area contributed by atoms with E-state index in [-0.39, 0.29) is 12.3 Å². The molecule has 0 aliphatic heterocycles. The van der Waals surface area contributed by atoms with E-state index in [1.165, 1.54) is 4.57 Å². The number of hydrogen-bond donors (Lipinski definition) is 0. The van der Waals surface area contributed by atoms with Crippen LogP contribution in [0.1, 0.15) is 11.1 Å². The van der Waals surface area contributed by atoms with Gasteiger partial charge in [-0.3, -0.25) is 13.3 Å². The van der Waals surface area contributed by atoms with Crippen molar-refractivity contribution < 1.29 is 12.6 Å². The van der Waals surface area contributed by atoms with E-state index >= 15 is 0 Å². The molecule has 0 spiro atoms. The first kappa shape index (κ1) is 19.5. The van der Waals surface area contributed by atoms with Crippen LogP contribution in [0.5, 0.6) is 0 Å². The minimum atomic E-state index is -3.59. The first-order valence-electron chi connectivity index (χ1n) is 8.30. The Balaban J connectivity index is 2.13. The van der Waals surface area contributed by atoms with Gasteiger partial charge in [0.25, 0.3) is 10.1 Å². The molecule has 0 radical (unpaired) electrons. The Hall–Kier alpha value is -3.22. The van der Waals surface area contributed by atoms with Crippen molar-refractivity contribution >= 4 is 21.3 Å². The van der Waals surface area contributed by atoms with Crippen molar-refractivity contribution in [2.75, 3.05) is 6.26 Å². The normalized spacial score (nSPS) is 11.5. The molecular weight excluding hydrogens is 380 g/mol. The number of hydrogen-bond acceptors (Lipinski definition) is 6. The van der Waals surface area contributed by atoms with Gasteiger partial charge >= 0.3 is 5.69 Å². The standard InChI is InChI=1S/C19H18N4O4S/c1-4-9-23-17-8-7-16(21-18(17)22(2)19(23)24)15-10-13(5-6-14(15)11-20)12-27-28(3,25)26/h4-8,10H,1,9,12H2,2-3H3. The summed E-state index contributed by atoms with van der Waals surface area (Å²) < 4.78 is 30.3. The zero-order valence-electron chi connectivity index (χ0n) is 15.4. The zero-order valence-corrected chi connectivity index (χ0v) is 16.2. The van der Waals surface area contributed by atoms with Gasteiger partial charge in [0.2, 0.25) is 0 Å². The highest BCUT2D eigenvalue weighted by molar-refractivity contribution is 7.85. The van der Waals surface area contributed by atoms with Gasteiger partial charge in [-0.25, -0.2) is 9.78 Å². The molecule has 0 unspecified atom stereocenters. The van der Waals surface area contributed by atoms with Crippen molar-refractivity contribution in [1.82, 2.24) is 14.1 Å². The fraction of sp³-hybridized carbons (Fsp3) is 0.211. The number of rotatable bonds is 6. The van der Waals surface area contributed by atoms with Crippen molar-refractivity contribution in [3.05, 3.63) is 64.6 Å². The van der Waals surface area contributed by atoms with Crippen LogP contribution in [0.25, 0.3) is 22.4 Å². The molecule has 0 aliphatic rings. The Bertz CT molecular complexity index is 1280. The van der Waals surface area contributed by atoms with E-state index < -0.39 is 10.1 Å². The Morgan fingerprint density at radius 3 is 2.71 bits per heavy atom. The van der Waals surface area contributed by atoms with Crippen LogP contribution in [-0.4, -0.2) is 28.8 Å². The van der Waals surface area contributed by atoms with Gasteiger partial charge in [0.15, 0.2) is 5.65 Å². The van der Waals surface area contributed by atoms with E-state index in [0.29, 0.717) is 40.1 Å². The molecule has 3 rings (SSSR count). The van der Waals surface area contributed by atoms with Crippen LogP contribution in [0.4, 0.5) is 0 Å². The number of imidazole rings is 1. The number of aryl methyl sites for hydroxylation is 1. The van der Waals surface area contributed by atoms with Crippen LogP contribution < -0.4 is 5.69 Å². The highest BCUT2D eigenvalue weighted by atomic mass is 32.2. The fourth-order valence-electron chi connectivity index (χ4n) is 2.89. The number of benzene rings is 1. The summed E-state index contributed by atoms with van der Waals surface area (Å²) in [6.45, 7) is 3.88. The number of nitriles is 1. The number of pyridine rings is 1. The average molecular weight is 398 g/mol. The predicted molar refractivity (Wildman–Crippen MR) is 105 cm³/mol. The van der Waals surface area contributed by atoms with Crippen LogP contribution in [0.15, 0.2) is 47.8 Å². The van der Waals surface area contributed by atoms with Crippen molar-refractivity contribution in [2.24, 2.45) is 7.05 Å². The second kappa shape index (κ2) is 7.42. The van der Waals surface area contributed by atoms with Crippen LogP contribution >= 0.6 is 0 Å². The maximum absolute atomic E-state index is 12.4. The monoisotopic (exact) mass is 398 g/mol. The Labute approximate surface area is 162 Å². The van der Waals surface area contributed by atoms with Crippen LogP contribution in [0, 0.1) is 11.3 Å². The molecule has 3 aromatic rings. The number of aromatic nitrogens is 3. The lowest BCUT2D eigenvalue weighted by atomic mass is 10.0. The minimum Gasteiger partial charge on any atom is -0.286 e. The largest absolute Gasteiger partial charge is 0.330 e. The van der Waals surface area contributed by atoms with Crippen molar-refractivity contribution in [3.8, 4) is 17.3 Å². The first-order valence-corrected chi connectivity index (χ1v) is 10.1. The van der Waals surface area contributed by atoms with E-state index in [1.807, 2.05) is 0 Å². The summed E-state index contributed by atoms with van der Waals surface area (Å²) in [5, 5.41) is 9.44. The molecule has 9 heteroatoms. The van der Waals surface area contributed by atoms with E-state index in [2.05, 4.69) is 17.6 Å². The summed E-state index contributed by atoms with van der Waals surface area (Å²) in [7, 11) is -1.96. The quantitative estimate of drug-likeness (QED) is 0.464. The van der Waals surface area contributed by atoms with E-state index in [4.69, 9.17) is 4.18 Å². The minimum absolute atomic E-state index is 0.145. The summed E-state index contributed by atoms with van der Waals surface area (Å²) in [6.07, 6.45) is 2.61. The second-order valence-corrected chi connectivity index (χ2v) is 7.88. The number of nitrogens with zero attached hydrogens (tertiary/aromatic N) is 4. The van der Waals surface area contributed by atoms with Crippen LogP contribution in [-0.2, 0) is 34.5 Å². The van der Waals surface area contributed by atoms with Crippen molar-refractivity contribution in [1.29, 1.82) is 5.26 Å². The summed E-state index contributed by atoms with van der Waals surface area (Å²) >= 11 is 0. The molecular formula is C19H18N4O4S. The molecule has 8 nitrogen and oxygen atoms in total. The highest BCUT2D eigenvalue weighted by Crippen LogP contribution is 2.25. The molecule has 1 aromatic carbocycles. The van der Waals surface area contributed by atoms with Crippen molar-refractivity contribution in [3.63, 3.8) is 0 Å². The molecule has 0 bridgehead atoms. The third-order valence-electron chi connectivity index (χ3n) is 4.21. The van der Waals surface area contributed by atoms with Gasteiger partial charge in [0.1, 0.15) is 0 Å². The first-order chi connectivity index (χ1) is 13.2. The van der Waals surface area contributed by atoms with Gasteiger partial charge in [-0.05, 0) is 29.8 Å². The average Bonchev–Trinajstić information content (AvgIpc) is 2.90. The van der Waals surface area contributed by atoms with E-state index in [9.17, 15) is 18.5 Å². The van der Waals surface area contributed by atoms with Gasteiger partial charge < -0.3 is 0 Å². The fourth-order valence-corrected chi connectivity index (χ4v) is 3.24. The Morgan fingerprint density at radius 1 is 1.32 bits per heavy atom. The second-order valence-electron chi connectivity index (χ2n) is 6.24. The SMILES string of the molecule is C=CCn1c(=O)n(C)c2nc(-c3cc(COS(C)(=O)=O)ccc3C#N)ccc21. The molecule has 0 N–H and O–H groups in total. The molecule has 0 atom stereocenters. The number of fused-ring (bicyclic) bond motifs is 1. The molecule has 144 valence electrons. The summed E-state index contributed by atoms with van der Waals surface area (Å²) in [6, 6.07) is 10.5. The molecule has 0 amide bonds. The molecule has 0 saturated carbocycles. The van der Waals surface area contributed by atoms with Gasteiger partial charge in [0, 0.05) is 19.2 Å². The van der Waals surface area contributed by atoms with Crippen molar-refractivity contribution in [2.45, 2.75) is 13.2 Å². The molecule has 28 heavy (non-hydrogen) atoms.